The maximum absolute atomic E-state index is 5.19. The smallest absolute Gasteiger partial charge is 0.186 e. The van der Waals surface area contributed by atoms with Gasteiger partial charge in [0.05, 0.1) is 5.69 Å². The van der Waals surface area contributed by atoms with Crippen molar-refractivity contribution in [1.29, 1.82) is 0 Å². The molecule has 5 heteroatoms. The van der Waals surface area contributed by atoms with Gasteiger partial charge in [-0.1, -0.05) is 59.7 Å². The Labute approximate surface area is 198 Å². The predicted octanol–water partition coefficient (Wildman–Crippen LogP) is 6.80. The summed E-state index contributed by atoms with van der Waals surface area (Å²) in [6, 6.07) is 8.94. The van der Waals surface area contributed by atoms with Crippen LogP contribution in [0.5, 0.6) is 0 Å². The average molecular weight is 451 g/mol. The molecule has 0 saturated heterocycles. The van der Waals surface area contributed by atoms with Gasteiger partial charge in [-0.2, -0.15) is 0 Å². The number of thiazole rings is 1. The Morgan fingerprint density at radius 1 is 1.00 bits per heavy atom. The van der Waals surface area contributed by atoms with Gasteiger partial charge in [0.15, 0.2) is 5.13 Å². The summed E-state index contributed by atoms with van der Waals surface area (Å²) < 4.78 is 0. The van der Waals surface area contributed by atoms with Gasteiger partial charge in [0.2, 0.25) is 0 Å². The normalized spacial score (nSPS) is 11.7. The van der Waals surface area contributed by atoms with E-state index in [0.717, 1.165) is 30.5 Å². The Bertz CT molecular complexity index is 963. The molecule has 0 atom stereocenters. The van der Waals surface area contributed by atoms with E-state index in [-0.39, 0.29) is 0 Å². The van der Waals surface area contributed by atoms with Crippen molar-refractivity contribution in [3.8, 4) is 11.3 Å². The van der Waals surface area contributed by atoms with Crippen molar-refractivity contribution >= 4 is 16.5 Å². The second-order valence-electron chi connectivity index (χ2n) is 9.44. The Hall–Kier alpha value is -2.24. The minimum atomic E-state index is 0.446. The van der Waals surface area contributed by atoms with Crippen LogP contribution in [0, 0.1) is 0 Å². The number of anilines is 1. The van der Waals surface area contributed by atoms with E-state index in [2.05, 4.69) is 80.3 Å². The van der Waals surface area contributed by atoms with E-state index >= 15 is 0 Å². The first-order valence-electron chi connectivity index (χ1n) is 11.7. The molecule has 0 fully saturated rings. The number of hydrogen-bond donors (Lipinski definition) is 1. The molecule has 32 heavy (non-hydrogen) atoms. The molecule has 2 aromatic heterocycles. The van der Waals surface area contributed by atoms with Crippen LogP contribution < -0.4 is 10.2 Å². The minimum Gasteiger partial charge on any atom is -0.342 e. The number of rotatable bonds is 10. The molecular formula is C27H38N4S. The Morgan fingerprint density at radius 3 is 2.22 bits per heavy atom. The number of benzene rings is 1. The molecule has 2 heterocycles. The van der Waals surface area contributed by atoms with Gasteiger partial charge < -0.3 is 10.2 Å². The van der Waals surface area contributed by atoms with Crippen molar-refractivity contribution in [2.75, 3.05) is 25.0 Å². The zero-order valence-corrected chi connectivity index (χ0v) is 21.5. The van der Waals surface area contributed by atoms with Crippen LogP contribution in [0.4, 0.5) is 5.13 Å². The molecule has 0 radical (unpaired) electrons. The second-order valence-corrected chi connectivity index (χ2v) is 10.3. The molecule has 0 aliphatic heterocycles. The van der Waals surface area contributed by atoms with E-state index in [9.17, 15) is 0 Å². The summed E-state index contributed by atoms with van der Waals surface area (Å²) in [4.78, 5) is 11.8. The first kappa shape index (κ1) is 24.4. The highest BCUT2D eigenvalue weighted by Gasteiger charge is 2.21. The molecule has 1 aromatic carbocycles. The Balaban J connectivity index is 2.05. The molecule has 172 valence electrons. The summed E-state index contributed by atoms with van der Waals surface area (Å²) in [6.45, 7) is 16.4. The maximum atomic E-state index is 5.19. The van der Waals surface area contributed by atoms with Gasteiger partial charge in [0, 0.05) is 43.0 Å². The Morgan fingerprint density at radius 2 is 1.69 bits per heavy atom. The zero-order chi connectivity index (χ0) is 23.3. The van der Waals surface area contributed by atoms with Gasteiger partial charge in [-0.25, -0.2) is 4.98 Å². The van der Waals surface area contributed by atoms with Gasteiger partial charge >= 0.3 is 0 Å². The molecule has 0 bridgehead atoms. The van der Waals surface area contributed by atoms with E-state index < -0.39 is 0 Å². The molecule has 0 unspecified atom stereocenters. The molecular weight excluding hydrogens is 412 g/mol. The molecule has 0 saturated carbocycles. The molecule has 0 amide bonds. The summed E-state index contributed by atoms with van der Waals surface area (Å²) >= 11 is 1.74. The van der Waals surface area contributed by atoms with Crippen LogP contribution in [0.15, 0.2) is 42.0 Å². The molecule has 0 spiro atoms. The molecule has 1 N–H and O–H groups in total. The van der Waals surface area contributed by atoms with E-state index in [1.165, 1.54) is 27.8 Å². The fourth-order valence-electron chi connectivity index (χ4n) is 3.98. The van der Waals surface area contributed by atoms with Crippen molar-refractivity contribution in [3.05, 3.63) is 64.3 Å². The largest absolute Gasteiger partial charge is 0.342 e. The Kier molecular flexibility index (Phi) is 8.44. The number of hydrogen-bond acceptors (Lipinski definition) is 5. The van der Waals surface area contributed by atoms with Crippen LogP contribution in [0.2, 0.25) is 0 Å². The lowest BCUT2D eigenvalue weighted by Gasteiger charge is -2.23. The standard InChI is InChI=1S/C27H38N4S/c1-18(2)22-13-23(19(3)4)26(24(14-22)20(5)6)25-17-32-27(30-25)31(12-11-28-7)16-21-9-8-10-29-15-21/h8-10,13-15,17-20,28H,11-12,16H2,1-7H3. The quantitative estimate of drug-likeness (QED) is 0.369. The number of likely N-dealkylation sites (N-methyl/N-ethyl adjacent to an activating group) is 1. The summed E-state index contributed by atoms with van der Waals surface area (Å²) in [5.74, 6) is 1.41. The van der Waals surface area contributed by atoms with Crippen molar-refractivity contribution in [2.45, 2.75) is 65.8 Å². The summed E-state index contributed by atoms with van der Waals surface area (Å²) in [5.41, 5.74) is 7.87. The number of nitrogens with zero attached hydrogens (tertiary/aromatic N) is 3. The highest BCUT2D eigenvalue weighted by atomic mass is 32.1. The summed E-state index contributed by atoms with van der Waals surface area (Å²) in [7, 11) is 2.00. The molecule has 3 rings (SSSR count). The van der Waals surface area contributed by atoms with Crippen LogP contribution in [-0.2, 0) is 6.54 Å². The van der Waals surface area contributed by atoms with Crippen LogP contribution >= 0.6 is 11.3 Å². The van der Waals surface area contributed by atoms with Gasteiger partial charge in [-0.3, -0.25) is 4.98 Å². The molecule has 0 aliphatic rings. The number of nitrogens with one attached hydrogen (secondary N) is 1. The maximum Gasteiger partial charge on any atom is 0.186 e. The third-order valence-electron chi connectivity index (χ3n) is 5.88. The van der Waals surface area contributed by atoms with Crippen LogP contribution in [-0.4, -0.2) is 30.1 Å². The van der Waals surface area contributed by atoms with Gasteiger partial charge in [0.25, 0.3) is 0 Å². The summed E-state index contributed by atoms with van der Waals surface area (Å²) in [5, 5.41) is 6.59. The lowest BCUT2D eigenvalue weighted by atomic mass is 9.83. The van der Waals surface area contributed by atoms with Crippen LogP contribution in [0.25, 0.3) is 11.3 Å². The van der Waals surface area contributed by atoms with Gasteiger partial charge in [-0.15, -0.1) is 11.3 Å². The highest BCUT2D eigenvalue weighted by molar-refractivity contribution is 7.14. The molecule has 4 nitrogen and oxygen atoms in total. The third kappa shape index (κ3) is 5.76. The summed E-state index contributed by atoms with van der Waals surface area (Å²) in [6.07, 6.45) is 3.77. The first-order valence-corrected chi connectivity index (χ1v) is 12.6. The minimum absolute atomic E-state index is 0.446. The van der Waals surface area contributed by atoms with E-state index in [4.69, 9.17) is 4.98 Å². The fourth-order valence-corrected chi connectivity index (χ4v) is 4.82. The van der Waals surface area contributed by atoms with E-state index in [1.807, 2.05) is 25.5 Å². The third-order valence-corrected chi connectivity index (χ3v) is 6.78. The van der Waals surface area contributed by atoms with E-state index in [1.54, 1.807) is 11.3 Å². The van der Waals surface area contributed by atoms with E-state index in [0.29, 0.717) is 17.8 Å². The lowest BCUT2D eigenvalue weighted by Crippen LogP contribution is -2.30. The fraction of sp³-hybridized carbons (Fsp3) is 0.481. The monoisotopic (exact) mass is 450 g/mol. The zero-order valence-electron chi connectivity index (χ0n) is 20.6. The highest BCUT2D eigenvalue weighted by Crippen LogP contribution is 2.40. The van der Waals surface area contributed by atoms with Gasteiger partial charge in [0.1, 0.15) is 0 Å². The second kappa shape index (κ2) is 11.1. The van der Waals surface area contributed by atoms with Crippen LogP contribution in [0.3, 0.4) is 0 Å². The molecule has 3 aromatic rings. The lowest BCUT2D eigenvalue weighted by molar-refractivity contribution is 0.718. The number of aromatic nitrogens is 2. The predicted molar refractivity (Wildman–Crippen MR) is 139 cm³/mol. The number of pyridine rings is 1. The van der Waals surface area contributed by atoms with Crippen LogP contribution in [0.1, 0.15) is 81.5 Å². The first-order chi connectivity index (χ1) is 15.3. The topological polar surface area (TPSA) is 41.0 Å². The van der Waals surface area contributed by atoms with Crippen molar-refractivity contribution in [2.24, 2.45) is 0 Å². The average Bonchev–Trinajstić information content (AvgIpc) is 3.26. The SMILES string of the molecule is CNCCN(Cc1cccnc1)c1nc(-c2c(C(C)C)cc(C(C)C)cc2C(C)C)cs1. The van der Waals surface area contributed by atoms with Crippen molar-refractivity contribution < 1.29 is 0 Å². The van der Waals surface area contributed by atoms with Crippen molar-refractivity contribution in [1.82, 2.24) is 15.3 Å². The van der Waals surface area contributed by atoms with Crippen molar-refractivity contribution in [3.63, 3.8) is 0 Å². The molecule has 0 aliphatic carbocycles. The van der Waals surface area contributed by atoms with Gasteiger partial charge in [-0.05, 0) is 53.1 Å².